The highest BCUT2D eigenvalue weighted by Crippen LogP contribution is 2.26. The Kier molecular flexibility index (Phi) is 7.16. The summed E-state index contributed by atoms with van der Waals surface area (Å²) in [5.41, 5.74) is 0.384. The number of ether oxygens (including phenoxy) is 1. The summed E-state index contributed by atoms with van der Waals surface area (Å²) in [6.45, 7) is 2.38. The molecule has 2 unspecified atom stereocenters. The summed E-state index contributed by atoms with van der Waals surface area (Å²) >= 11 is 13.3. The molecule has 3 rings (SSSR count). The van der Waals surface area contributed by atoms with Gasteiger partial charge in [0.05, 0.1) is 21.5 Å². The Morgan fingerprint density at radius 1 is 1.28 bits per heavy atom. The second kappa shape index (κ2) is 9.61. The van der Waals surface area contributed by atoms with Crippen molar-refractivity contribution in [1.29, 1.82) is 0 Å². The lowest BCUT2D eigenvalue weighted by Crippen LogP contribution is -2.43. The van der Waals surface area contributed by atoms with Gasteiger partial charge in [0.15, 0.2) is 6.10 Å². The van der Waals surface area contributed by atoms with Crippen molar-refractivity contribution in [3.8, 4) is 0 Å². The smallest absolute Gasteiger partial charge is 0.311 e. The molecule has 0 radical (unpaired) electrons. The highest BCUT2D eigenvalue weighted by Gasteiger charge is 2.32. The van der Waals surface area contributed by atoms with Crippen molar-refractivity contribution in [2.75, 3.05) is 18.4 Å². The van der Waals surface area contributed by atoms with E-state index in [-0.39, 0.29) is 12.5 Å². The van der Waals surface area contributed by atoms with E-state index in [0.29, 0.717) is 40.0 Å². The standard InChI is InChI=1S/C20H20Cl2N2O4S/c1-12(18(25)23-16-7-6-14(21)10-15(16)22)28-20(27)13-4-2-8-24(11-13)19(26)17-5-3-9-29-17/h3,5-7,9-10,12-13H,2,4,8,11H2,1H3,(H,23,25). The number of benzene rings is 1. The number of piperidine rings is 1. The Bertz CT molecular complexity index is 904. The molecular formula is C20H20Cl2N2O4S. The van der Waals surface area contributed by atoms with Gasteiger partial charge in [-0.2, -0.15) is 0 Å². The van der Waals surface area contributed by atoms with Crippen LogP contribution in [0.15, 0.2) is 35.7 Å². The van der Waals surface area contributed by atoms with Gasteiger partial charge in [-0.3, -0.25) is 14.4 Å². The van der Waals surface area contributed by atoms with Gasteiger partial charge in [-0.25, -0.2) is 0 Å². The summed E-state index contributed by atoms with van der Waals surface area (Å²) in [6, 6.07) is 8.27. The first-order chi connectivity index (χ1) is 13.8. The van der Waals surface area contributed by atoms with Crippen LogP contribution in [0.25, 0.3) is 0 Å². The van der Waals surface area contributed by atoms with E-state index in [4.69, 9.17) is 27.9 Å². The Morgan fingerprint density at radius 2 is 2.07 bits per heavy atom. The lowest BCUT2D eigenvalue weighted by atomic mass is 9.98. The number of amides is 2. The summed E-state index contributed by atoms with van der Waals surface area (Å²) in [7, 11) is 0. The molecule has 1 fully saturated rings. The molecule has 1 aliphatic heterocycles. The molecule has 2 heterocycles. The number of rotatable bonds is 5. The van der Waals surface area contributed by atoms with Crippen molar-refractivity contribution in [3.05, 3.63) is 50.6 Å². The van der Waals surface area contributed by atoms with Crippen LogP contribution in [0, 0.1) is 5.92 Å². The normalized spacial score (nSPS) is 17.5. The maximum absolute atomic E-state index is 12.6. The third-order valence-electron chi connectivity index (χ3n) is 4.63. The topological polar surface area (TPSA) is 75.7 Å². The number of hydrogen-bond acceptors (Lipinski definition) is 5. The second-order valence-electron chi connectivity index (χ2n) is 6.76. The minimum absolute atomic E-state index is 0.0827. The molecule has 29 heavy (non-hydrogen) atoms. The van der Waals surface area contributed by atoms with E-state index >= 15 is 0 Å². The van der Waals surface area contributed by atoms with Crippen molar-refractivity contribution >= 4 is 58.0 Å². The molecule has 2 amide bonds. The van der Waals surface area contributed by atoms with Gasteiger partial charge in [0, 0.05) is 18.1 Å². The van der Waals surface area contributed by atoms with Crippen LogP contribution in [0.5, 0.6) is 0 Å². The zero-order chi connectivity index (χ0) is 21.0. The second-order valence-corrected chi connectivity index (χ2v) is 8.55. The van der Waals surface area contributed by atoms with Crippen molar-refractivity contribution in [1.82, 2.24) is 4.90 Å². The van der Waals surface area contributed by atoms with Crippen LogP contribution in [0.4, 0.5) is 5.69 Å². The van der Waals surface area contributed by atoms with Gasteiger partial charge in [0.25, 0.3) is 11.8 Å². The lowest BCUT2D eigenvalue weighted by Gasteiger charge is -2.31. The highest BCUT2D eigenvalue weighted by atomic mass is 35.5. The van der Waals surface area contributed by atoms with E-state index in [1.165, 1.54) is 24.3 Å². The number of esters is 1. The number of nitrogens with zero attached hydrogens (tertiary/aromatic N) is 1. The van der Waals surface area contributed by atoms with E-state index in [2.05, 4.69) is 5.32 Å². The number of thiophene rings is 1. The zero-order valence-corrected chi connectivity index (χ0v) is 18.0. The SMILES string of the molecule is CC(OC(=O)C1CCCN(C(=O)c2cccs2)C1)C(=O)Nc1ccc(Cl)cc1Cl. The number of carbonyl (C=O) groups is 3. The number of halogens is 2. The van der Waals surface area contributed by atoms with E-state index in [9.17, 15) is 14.4 Å². The summed E-state index contributed by atoms with van der Waals surface area (Å²) < 4.78 is 5.35. The lowest BCUT2D eigenvalue weighted by molar-refractivity contribution is -0.158. The number of likely N-dealkylation sites (tertiary alicyclic amines) is 1. The Hall–Kier alpha value is -2.09. The Labute approximate surface area is 182 Å². The fraction of sp³-hybridized carbons (Fsp3) is 0.350. The maximum Gasteiger partial charge on any atom is 0.311 e. The maximum atomic E-state index is 12.6. The quantitative estimate of drug-likeness (QED) is 0.675. The van der Waals surface area contributed by atoms with E-state index < -0.39 is 23.9 Å². The van der Waals surface area contributed by atoms with Crippen LogP contribution in [-0.4, -0.2) is 41.9 Å². The van der Waals surface area contributed by atoms with Gasteiger partial charge in [0.1, 0.15) is 0 Å². The van der Waals surface area contributed by atoms with E-state index in [1.807, 2.05) is 11.4 Å². The number of hydrogen-bond donors (Lipinski definition) is 1. The number of carbonyl (C=O) groups excluding carboxylic acids is 3. The van der Waals surface area contributed by atoms with E-state index in [0.717, 1.165) is 0 Å². The number of nitrogens with one attached hydrogen (secondary N) is 1. The Morgan fingerprint density at radius 3 is 2.76 bits per heavy atom. The molecule has 6 nitrogen and oxygen atoms in total. The third-order valence-corrected chi connectivity index (χ3v) is 6.03. The largest absolute Gasteiger partial charge is 0.452 e. The zero-order valence-electron chi connectivity index (χ0n) is 15.7. The summed E-state index contributed by atoms with van der Waals surface area (Å²) in [6.07, 6.45) is 0.319. The molecule has 1 N–H and O–H groups in total. The predicted octanol–water partition coefficient (Wildman–Crippen LogP) is 4.48. The molecule has 154 valence electrons. The molecule has 2 aromatic rings. The molecule has 1 aromatic heterocycles. The molecule has 9 heteroatoms. The first-order valence-corrected chi connectivity index (χ1v) is 10.8. The molecule has 0 aliphatic carbocycles. The summed E-state index contributed by atoms with van der Waals surface area (Å²) in [5.74, 6) is -1.52. The molecule has 1 aromatic carbocycles. The first kappa shape index (κ1) is 21.6. The minimum atomic E-state index is -1.00. The van der Waals surface area contributed by atoms with Gasteiger partial charge < -0.3 is 15.0 Å². The average molecular weight is 455 g/mol. The molecule has 0 saturated carbocycles. The van der Waals surface area contributed by atoms with Crippen molar-refractivity contribution < 1.29 is 19.1 Å². The summed E-state index contributed by atoms with van der Waals surface area (Å²) in [4.78, 5) is 39.7. The van der Waals surface area contributed by atoms with Crippen molar-refractivity contribution in [2.24, 2.45) is 5.92 Å². The van der Waals surface area contributed by atoms with Crippen LogP contribution in [0.1, 0.15) is 29.4 Å². The van der Waals surface area contributed by atoms with Crippen LogP contribution in [0.2, 0.25) is 10.0 Å². The van der Waals surface area contributed by atoms with E-state index in [1.54, 1.807) is 23.1 Å². The van der Waals surface area contributed by atoms with Gasteiger partial charge in [-0.05, 0) is 49.4 Å². The molecule has 0 bridgehead atoms. The monoisotopic (exact) mass is 454 g/mol. The van der Waals surface area contributed by atoms with Gasteiger partial charge in [0.2, 0.25) is 0 Å². The first-order valence-electron chi connectivity index (χ1n) is 9.14. The molecule has 1 aliphatic rings. The van der Waals surface area contributed by atoms with Crippen LogP contribution < -0.4 is 5.32 Å². The van der Waals surface area contributed by atoms with Crippen molar-refractivity contribution in [2.45, 2.75) is 25.9 Å². The molecule has 1 saturated heterocycles. The minimum Gasteiger partial charge on any atom is -0.452 e. The van der Waals surface area contributed by atoms with Gasteiger partial charge in [-0.15, -0.1) is 11.3 Å². The Balaban J connectivity index is 1.55. The van der Waals surface area contributed by atoms with Gasteiger partial charge >= 0.3 is 5.97 Å². The highest BCUT2D eigenvalue weighted by molar-refractivity contribution is 7.12. The van der Waals surface area contributed by atoms with Crippen LogP contribution >= 0.6 is 34.5 Å². The van der Waals surface area contributed by atoms with Crippen LogP contribution in [0.3, 0.4) is 0 Å². The van der Waals surface area contributed by atoms with Crippen LogP contribution in [-0.2, 0) is 14.3 Å². The molecule has 2 atom stereocenters. The third kappa shape index (κ3) is 5.50. The van der Waals surface area contributed by atoms with Gasteiger partial charge in [-0.1, -0.05) is 29.3 Å². The average Bonchev–Trinajstić information content (AvgIpc) is 3.24. The molecular weight excluding hydrogens is 435 g/mol. The predicted molar refractivity (Wildman–Crippen MR) is 114 cm³/mol. The fourth-order valence-electron chi connectivity index (χ4n) is 3.06. The van der Waals surface area contributed by atoms with Crippen molar-refractivity contribution in [3.63, 3.8) is 0 Å². The fourth-order valence-corrected chi connectivity index (χ4v) is 4.21. The molecule has 0 spiro atoms. The summed E-state index contributed by atoms with van der Waals surface area (Å²) in [5, 5.41) is 5.21. The number of anilines is 1.